The van der Waals surface area contributed by atoms with E-state index in [2.05, 4.69) is 36.7 Å². The second-order valence-electron chi connectivity index (χ2n) is 4.38. The molecule has 18 heavy (non-hydrogen) atoms. The fourth-order valence-corrected chi connectivity index (χ4v) is 3.29. The molecule has 0 amide bonds. The molecular formula is C15H18ClNS. The zero-order valence-corrected chi connectivity index (χ0v) is 12.3. The van der Waals surface area contributed by atoms with Crippen LogP contribution >= 0.6 is 22.9 Å². The topological polar surface area (TPSA) is 12.0 Å². The van der Waals surface area contributed by atoms with Gasteiger partial charge in [0.25, 0.3) is 0 Å². The Morgan fingerprint density at radius 3 is 2.67 bits per heavy atom. The third-order valence-electron chi connectivity index (χ3n) is 2.98. The average Bonchev–Trinajstić information content (AvgIpc) is 2.78. The Hall–Kier alpha value is -0.830. The molecule has 1 nitrogen and oxygen atoms in total. The van der Waals surface area contributed by atoms with Crippen LogP contribution in [0.4, 0.5) is 0 Å². The Balaban J connectivity index is 2.37. The number of rotatable bonds is 5. The molecule has 0 spiro atoms. The van der Waals surface area contributed by atoms with Crippen LogP contribution in [0.2, 0.25) is 5.02 Å². The van der Waals surface area contributed by atoms with Gasteiger partial charge in [-0.2, -0.15) is 0 Å². The molecule has 0 radical (unpaired) electrons. The molecule has 0 aliphatic rings. The maximum absolute atomic E-state index is 6.33. The molecule has 0 aliphatic carbocycles. The fourth-order valence-electron chi connectivity index (χ4n) is 2.02. The fraction of sp³-hybridized carbons (Fsp3) is 0.333. The molecule has 1 aromatic heterocycles. The van der Waals surface area contributed by atoms with E-state index in [9.17, 15) is 0 Å². The van der Waals surface area contributed by atoms with Crippen LogP contribution in [0.15, 0.2) is 35.7 Å². The number of hydrogen-bond donors (Lipinski definition) is 1. The second kappa shape index (κ2) is 6.37. The van der Waals surface area contributed by atoms with Crippen LogP contribution in [-0.2, 0) is 0 Å². The molecule has 0 saturated heterocycles. The highest BCUT2D eigenvalue weighted by Gasteiger charge is 2.18. The van der Waals surface area contributed by atoms with Crippen molar-refractivity contribution in [1.82, 2.24) is 5.32 Å². The van der Waals surface area contributed by atoms with Gasteiger partial charge in [-0.3, -0.25) is 0 Å². The molecule has 0 bridgehead atoms. The minimum absolute atomic E-state index is 0.207. The van der Waals surface area contributed by atoms with Crippen molar-refractivity contribution in [1.29, 1.82) is 0 Å². The number of nitrogens with one attached hydrogen (secondary N) is 1. The van der Waals surface area contributed by atoms with E-state index < -0.39 is 0 Å². The minimum Gasteiger partial charge on any atom is -0.306 e. The Morgan fingerprint density at radius 1 is 1.28 bits per heavy atom. The van der Waals surface area contributed by atoms with Gasteiger partial charge in [0.2, 0.25) is 0 Å². The lowest BCUT2D eigenvalue weighted by molar-refractivity contribution is 0.604. The molecule has 96 valence electrons. The Labute approximate surface area is 118 Å². The smallest absolute Gasteiger partial charge is 0.0688 e. The quantitative estimate of drug-likeness (QED) is 0.829. The number of halogens is 1. The van der Waals surface area contributed by atoms with E-state index in [1.165, 1.54) is 10.4 Å². The summed E-state index contributed by atoms with van der Waals surface area (Å²) >= 11 is 8.12. The summed E-state index contributed by atoms with van der Waals surface area (Å²) in [4.78, 5) is 1.36. The molecule has 1 N–H and O–H groups in total. The average molecular weight is 280 g/mol. The summed E-state index contributed by atoms with van der Waals surface area (Å²) in [7, 11) is 0. The third-order valence-corrected chi connectivity index (χ3v) is 4.41. The van der Waals surface area contributed by atoms with E-state index in [-0.39, 0.29) is 6.04 Å². The predicted molar refractivity (Wildman–Crippen MR) is 80.6 cm³/mol. The van der Waals surface area contributed by atoms with Gasteiger partial charge in [0.05, 0.1) is 6.04 Å². The molecule has 0 fully saturated rings. The van der Waals surface area contributed by atoms with E-state index in [1.54, 1.807) is 11.3 Å². The van der Waals surface area contributed by atoms with Gasteiger partial charge in [0.1, 0.15) is 0 Å². The molecule has 2 rings (SSSR count). The molecule has 1 heterocycles. The van der Waals surface area contributed by atoms with Crippen molar-refractivity contribution in [2.24, 2.45) is 0 Å². The van der Waals surface area contributed by atoms with Gasteiger partial charge in [0.15, 0.2) is 0 Å². The first kappa shape index (κ1) is 13.6. The summed E-state index contributed by atoms with van der Waals surface area (Å²) in [5.41, 5.74) is 2.49. The molecule has 0 saturated carbocycles. The van der Waals surface area contributed by atoms with Crippen molar-refractivity contribution in [3.63, 3.8) is 0 Å². The van der Waals surface area contributed by atoms with Gasteiger partial charge in [-0.15, -0.1) is 11.3 Å². The number of hydrogen-bond acceptors (Lipinski definition) is 2. The molecule has 3 heteroatoms. The zero-order valence-electron chi connectivity index (χ0n) is 10.7. The van der Waals surface area contributed by atoms with Crippen molar-refractivity contribution < 1.29 is 0 Å². The van der Waals surface area contributed by atoms with E-state index >= 15 is 0 Å². The molecular weight excluding hydrogens is 262 g/mol. The number of benzene rings is 1. The largest absolute Gasteiger partial charge is 0.306 e. The van der Waals surface area contributed by atoms with Crippen LogP contribution in [0.5, 0.6) is 0 Å². The van der Waals surface area contributed by atoms with Crippen LogP contribution in [0.1, 0.15) is 35.4 Å². The predicted octanol–water partition coefficient (Wildman–Crippen LogP) is 4.80. The van der Waals surface area contributed by atoms with Gasteiger partial charge < -0.3 is 5.32 Å². The van der Waals surface area contributed by atoms with Crippen LogP contribution in [0.3, 0.4) is 0 Å². The maximum Gasteiger partial charge on any atom is 0.0688 e. The SMILES string of the molecule is CCCNC(c1ccccc1Cl)c1sccc1C. The van der Waals surface area contributed by atoms with Crippen LogP contribution < -0.4 is 5.32 Å². The van der Waals surface area contributed by atoms with Gasteiger partial charge in [0, 0.05) is 9.90 Å². The molecule has 1 atom stereocenters. The lowest BCUT2D eigenvalue weighted by Gasteiger charge is -2.20. The van der Waals surface area contributed by atoms with Crippen molar-refractivity contribution in [3.05, 3.63) is 56.7 Å². The van der Waals surface area contributed by atoms with E-state index in [4.69, 9.17) is 11.6 Å². The molecule has 2 aromatic rings. The summed E-state index contributed by atoms with van der Waals surface area (Å²) in [6, 6.07) is 10.5. The summed E-state index contributed by atoms with van der Waals surface area (Å²) in [6.07, 6.45) is 1.12. The molecule has 1 unspecified atom stereocenters. The first-order chi connectivity index (χ1) is 8.74. The number of aryl methyl sites for hydroxylation is 1. The van der Waals surface area contributed by atoms with Gasteiger partial charge in [-0.1, -0.05) is 36.7 Å². The zero-order chi connectivity index (χ0) is 13.0. The van der Waals surface area contributed by atoms with E-state index in [0.717, 1.165) is 23.6 Å². The van der Waals surface area contributed by atoms with Crippen molar-refractivity contribution in [2.75, 3.05) is 6.54 Å². The van der Waals surface area contributed by atoms with E-state index in [1.807, 2.05) is 18.2 Å². The van der Waals surface area contributed by atoms with Gasteiger partial charge in [-0.05, 0) is 48.5 Å². The van der Waals surface area contributed by atoms with Gasteiger partial charge in [-0.25, -0.2) is 0 Å². The first-order valence-corrected chi connectivity index (χ1v) is 7.51. The van der Waals surface area contributed by atoms with Crippen LogP contribution in [-0.4, -0.2) is 6.54 Å². The summed E-state index contributed by atoms with van der Waals surface area (Å²) in [5, 5.41) is 6.57. The highest BCUT2D eigenvalue weighted by atomic mass is 35.5. The monoisotopic (exact) mass is 279 g/mol. The highest BCUT2D eigenvalue weighted by Crippen LogP contribution is 2.33. The summed E-state index contributed by atoms with van der Waals surface area (Å²) in [5.74, 6) is 0. The highest BCUT2D eigenvalue weighted by molar-refractivity contribution is 7.10. The molecule has 1 aromatic carbocycles. The summed E-state index contributed by atoms with van der Waals surface area (Å²) in [6.45, 7) is 5.33. The minimum atomic E-state index is 0.207. The Morgan fingerprint density at radius 2 is 2.06 bits per heavy atom. The first-order valence-electron chi connectivity index (χ1n) is 6.25. The van der Waals surface area contributed by atoms with Crippen molar-refractivity contribution >= 4 is 22.9 Å². The van der Waals surface area contributed by atoms with Crippen molar-refractivity contribution in [3.8, 4) is 0 Å². The molecule has 0 aliphatic heterocycles. The lowest BCUT2D eigenvalue weighted by Crippen LogP contribution is -2.23. The maximum atomic E-state index is 6.33. The second-order valence-corrected chi connectivity index (χ2v) is 5.73. The number of thiophene rings is 1. The van der Waals surface area contributed by atoms with E-state index in [0.29, 0.717) is 0 Å². The standard InChI is InChI=1S/C15H18ClNS/c1-3-9-17-14(15-11(2)8-10-18-15)12-6-4-5-7-13(12)16/h4-8,10,14,17H,3,9H2,1-2H3. The lowest BCUT2D eigenvalue weighted by atomic mass is 10.0. The van der Waals surface area contributed by atoms with Crippen molar-refractivity contribution in [2.45, 2.75) is 26.3 Å². The Bertz CT molecular complexity index is 507. The normalized spacial score (nSPS) is 12.6. The van der Waals surface area contributed by atoms with Gasteiger partial charge >= 0.3 is 0 Å². The third kappa shape index (κ3) is 2.94. The Kier molecular flexibility index (Phi) is 4.81. The van der Waals surface area contributed by atoms with Crippen LogP contribution in [0.25, 0.3) is 0 Å². The van der Waals surface area contributed by atoms with Crippen LogP contribution in [0, 0.1) is 6.92 Å². The summed E-state index contributed by atoms with van der Waals surface area (Å²) < 4.78 is 0.